The normalized spacial score (nSPS) is 17.9. The van der Waals surface area contributed by atoms with E-state index in [9.17, 15) is 9.59 Å². The molecule has 3 rings (SSSR count). The third-order valence-electron chi connectivity index (χ3n) is 3.61. The van der Waals surface area contributed by atoms with Gasteiger partial charge in [0.05, 0.1) is 0 Å². The summed E-state index contributed by atoms with van der Waals surface area (Å²) in [6, 6.07) is 11.7. The fraction of sp³-hybridized carbons (Fsp3) is 0.294. The molecule has 1 aliphatic rings. The maximum Gasteiger partial charge on any atom is 0.290 e. The number of benzene rings is 1. The van der Waals surface area contributed by atoms with Crippen LogP contribution in [0.2, 0.25) is 0 Å². The largest absolute Gasteiger partial charge is 0.426 e. The number of carbonyl (C=O) groups is 2. The van der Waals surface area contributed by atoms with Crippen LogP contribution in [0.15, 0.2) is 46.9 Å². The Kier molecular flexibility index (Phi) is 4.61. The highest BCUT2D eigenvalue weighted by atomic mass is 16.6. The Labute approximate surface area is 133 Å². The Morgan fingerprint density at radius 1 is 1.17 bits per heavy atom. The van der Waals surface area contributed by atoms with Gasteiger partial charge in [-0.05, 0) is 37.5 Å². The van der Waals surface area contributed by atoms with E-state index >= 15 is 0 Å². The number of nitrogens with one attached hydrogen (secondary N) is 2. The topological polar surface area (TPSA) is 80.6 Å². The lowest BCUT2D eigenvalue weighted by Crippen LogP contribution is -2.45. The van der Waals surface area contributed by atoms with Gasteiger partial charge in [-0.25, -0.2) is 0 Å². The first-order valence-electron chi connectivity index (χ1n) is 7.64. The summed E-state index contributed by atoms with van der Waals surface area (Å²) in [5.41, 5.74) is 0. The number of hydrogen-bond acceptors (Lipinski definition) is 4. The molecule has 0 unspecified atom stereocenters. The van der Waals surface area contributed by atoms with E-state index in [4.69, 9.17) is 9.15 Å². The lowest BCUT2D eigenvalue weighted by molar-refractivity contribution is -0.122. The quantitative estimate of drug-likeness (QED) is 0.908. The van der Waals surface area contributed by atoms with Crippen molar-refractivity contribution in [3.8, 4) is 11.7 Å². The van der Waals surface area contributed by atoms with Crippen molar-refractivity contribution in [1.29, 1.82) is 0 Å². The van der Waals surface area contributed by atoms with Crippen LogP contribution in [0.25, 0.3) is 0 Å². The standard InChI is InChI=1S/C17H18N2O4/c20-16-13(8-4-5-11-18-16)19-17(21)14-9-10-15(23-14)22-12-6-2-1-3-7-12/h1-3,6-7,9-10,13H,4-5,8,11H2,(H,18,20)(H,19,21)/t13-/m1/s1. The average Bonchev–Trinajstić information content (AvgIpc) is 2.93. The maximum atomic E-state index is 12.2. The SMILES string of the molecule is O=C(N[C@@H]1CCCCNC1=O)c1ccc(Oc2ccccc2)o1. The van der Waals surface area contributed by atoms with Gasteiger partial charge in [-0.1, -0.05) is 18.2 Å². The molecule has 1 atom stereocenters. The molecule has 1 aromatic carbocycles. The summed E-state index contributed by atoms with van der Waals surface area (Å²) in [4.78, 5) is 24.0. The van der Waals surface area contributed by atoms with Gasteiger partial charge in [-0.3, -0.25) is 9.59 Å². The number of amides is 2. The predicted molar refractivity (Wildman–Crippen MR) is 83.3 cm³/mol. The van der Waals surface area contributed by atoms with Crippen molar-refractivity contribution in [3.05, 3.63) is 48.2 Å². The second-order valence-corrected chi connectivity index (χ2v) is 5.35. The number of hydrogen-bond donors (Lipinski definition) is 2. The zero-order chi connectivity index (χ0) is 16.1. The molecule has 1 aliphatic heterocycles. The van der Waals surface area contributed by atoms with Crippen LogP contribution in [0.4, 0.5) is 0 Å². The van der Waals surface area contributed by atoms with Gasteiger partial charge in [0.15, 0.2) is 5.76 Å². The molecular formula is C17H18N2O4. The molecule has 23 heavy (non-hydrogen) atoms. The van der Waals surface area contributed by atoms with Crippen molar-refractivity contribution in [1.82, 2.24) is 10.6 Å². The van der Waals surface area contributed by atoms with Gasteiger partial charge < -0.3 is 19.8 Å². The van der Waals surface area contributed by atoms with E-state index in [1.54, 1.807) is 18.2 Å². The van der Waals surface area contributed by atoms with Crippen LogP contribution in [0.5, 0.6) is 11.7 Å². The molecule has 2 heterocycles. The number of para-hydroxylation sites is 1. The maximum absolute atomic E-state index is 12.2. The van der Waals surface area contributed by atoms with E-state index in [0.717, 1.165) is 12.8 Å². The second kappa shape index (κ2) is 7.00. The van der Waals surface area contributed by atoms with Gasteiger partial charge in [-0.15, -0.1) is 0 Å². The first kappa shape index (κ1) is 15.1. The van der Waals surface area contributed by atoms with E-state index in [2.05, 4.69) is 10.6 Å². The molecule has 2 aromatic rings. The highest BCUT2D eigenvalue weighted by molar-refractivity contribution is 5.95. The van der Waals surface area contributed by atoms with Crippen LogP contribution >= 0.6 is 0 Å². The summed E-state index contributed by atoms with van der Waals surface area (Å²) in [6.45, 7) is 0.654. The molecule has 0 spiro atoms. The Morgan fingerprint density at radius 3 is 2.83 bits per heavy atom. The minimum Gasteiger partial charge on any atom is -0.426 e. The summed E-state index contributed by atoms with van der Waals surface area (Å²) in [6.07, 6.45) is 2.45. The van der Waals surface area contributed by atoms with E-state index in [0.29, 0.717) is 18.7 Å². The molecule has 2 N–H and O–H groups in total. The summed E-state index contributed by atoms with van der Waals surface area (Å²) in [5.74, 6) is 0.398. The molecule has 1 aromatic heterocycles. The zero-order valence-corrected chi connectivity index (χ0v) is 12.6. The second-order valence-electron chi connectivity index (χ2n) is 5.35. The Bertz CT molecular complexity index is 681. The molecule has 2 amide bonds. The molecule has 6 heteroatoms. The molecular weight excluding hydrogens is 296 g/mol. The minimum atomic E-state index is -0.520. The van der Waals surface area contributed by atoms with Crippen LogP contribution < -0.4 is 15.4 Å². The molecule has 0 aliphatic carbocycles. The third kappa shape index (κ3) is 3.91. The fourth-order valence-corrected chi connectivity index (χ4v) is 2.41. The Hall–Kier alpha value is -2.76. The number of ether oxygens (including phenoxy) is 1. The van der Waals surface area contributed by atoms with Gasteiger partial charge in [-0.2, -0.15) is 0 Å². The zero-order valence-electron chi connectivity index (χ0n) is 12.6. The Morgan fingerprint density at radius 2 is 2.00 bits per heavy atom. The molecule has 1 saturated heterocycles. The van der Waals surface area contributed by atoms with Crippen molar-refractivity contribution in [2.45, 2.75) is 25.3 Å². The number of rotatable bonds is 4. The highest BCUT2D eigenvalue weighted by Crippen LogP contribution is 2.23. The minimum absolute atomic E-state index is 0.118. The number of furan rings is 1. The van der Waals surface area contributed by atoms with Crippen LogP contribution in [-0.2, 0) is 4.79 Å². The van der Waals surface area contributed by atoms with E-state index < -0.39 is 11.9 Å². The summed E-state index contributed by atoms with van der Waals surface area (Å²) >= 11 is 0. The van der Waals surface area contributed by atoms with Gasteiger partial charge in [0, 0.05) is 12.6 Å². The molecule has 120 valence electrons. The van der Waals surface area contributed by atoms with Gasteiger partial charge in [0.25, 0.3) is 11.9 Å². The monoisotopic (exact) mass is 314 g/mol. The summed E-state index contributed by atoms with van der Waals surface area (Å²) in [5, 5.41) is 5.48. The first-order valence-corrected chi connectivity index (χ1v) is 7.64. The molecule has 0 bridgehead atoms. The van der Waals surface area contributed by atoms with Crippen LogP contribution in [0, 0.1) is 0 Å². The van der Waals surface area contributed by atoms with Crippen LogP contribution in [0.1, 0.15) is 29.8 Å². The van der Waals surface area contributed by atoms with Crippen molar-refractivity contribution in [3.63, 3.8) is 0 Å². The first-order chi connectivity index (χ1) is 11.2. The average molecular weight is 314 g/mol. The Balaban J connectivity index is 1.63. The van der Waals surface area contributed by atoms with Crippen molar-refractivity contribution in [2.24, 2.45) is 0 Å². The van der Waals surface area contributed by atoms with Gasteiger partial charge in [0.1, 0.15) is 11.8 Å². The van der Waals surface area contributed by atoms with Gasteiger partial charge >= 0.3 is 0 Å². The lowest BCUT2D eigenvalue weighted by atomic mass is 10.1. The lowest BCUT2D eigenvalue weighted by Gasteiger charge is -2.13. The van der Waals surface area contributed by atoms with E-state index in [1.165, 1.54) is 6.07 Å². The van der Waals surface area contributed by atoms with Crippen molar-refractivity contribution < 1.29 is 18.7 Å². The highest BCUT2D eigenvalue weighted by Gasteiger charge is 2.24. The smallest absolute Gasteiger partial charge is 0.290 e. The van der Waals surface area contributed by atoms with E-state index in [-0.39, 0.29) is 17.6 Å². The molecule has 0 saturated carbocycles. The summed E-state index contributed by atoms with van der Waals surface area (Å²) < 4.78 is 10.9. The van der Waals surface area contributed by atoms with Gasteiger partial charge in [0.2, 0.25) is 5.91 Å². The number of carbonyl (C=O) groups excluding carboxylic acids is 2. The molecule has 6 nitrogen and oxygen atoms in total. The van der Waals surface area contributed by atoms with Crippen molar-refractivity contribution >= 4 is 11.8 Å². The predicted octanol–water partition coefficient (Wildman–Crippen LogP) is 2.47. The summed E-state index contributed by atoms with van der Waals surface area (Å²) in [7, 11) is 0. The van der Waals surface area contributed by atoms with Crippen LogP contribution in [-0.4, -0.2) is 24.4 Å². The van der Waals surface area contributed by atoms with Crippen molar-refractivity contribution in [2.75, 3.05) is 6.54 Å². The third-order valence-corrected chi connectivity index (χ3v) is 3.61. The molecule has 1 fully saturated rings. The van der Waals surface area contributed by atoms with Crippen LogP contribution in [0.3, 0.4) is 0 Å². The fourth-order valence-electron chi connectivity index (χ4n) is 2.41. The molecule has 0 radical (unpaired) electrons. The van der Waals surface area contributed by atoms with E-state index in [1.807, 2.05) is 18.2 Å².